The van der Waals surface area contributed by atoms with Crippen molar-refractivity contribution in [1.82, 2.24) is 0 Å². The summed E-state index contributed by atoms with van der Waals surface area (Å²) in [5.41, 5.74) is 0. The number of rotatable bonds is 11. The van der Waals surface area contributed by atoms with Crippen molar-refractivity contribution in [2.45, 2.75) is 38.5 Å². The molecule has 0 fully saturated rings. The van der Waals surface area contributed by atoms with Crippen molar-refractivity contribution in [3.05, 3.63) is 0 Å². The van der Waals surface area contributed by atoms with Crippen molar-refractivity contribution in [3.63, 3.8) is 0 Å². The molecular formula is C14H22O2. The summed E-state index contributed by atoms with van der Waals surface area (Å²) in [6.07, 6.45) is 17.3. The number of hydrogen-bond acceptors (Lipinski definition) is 2. The lowest BCUT2D eigenvalue weighted by Crippen LogP contribution is -1.95. The molecule has 0 atom stereocenters. The third-order valence-corrected chi connectivity index (χ3v) is 2.20. The normalized spacial score (nSPS) is 9.62. The first kappa shape index (κ1) is 15.0. The smallest absolute Gasteiger partial charge is 0.107 e. The van der Waals surface area contributed by atoms with Crippen molar-refractivity contribution in [1.29, 1.82) is 0 Å². The van der Waals surface area contributed by atoms with Gasteiger partial charge in [-0.15, -0.1) is 12.8 Å². The molecule has 16 heavy (non-hydrogen) atoms. The van der Waals surface area contributed by atoms with Gasteiger partial charge in [-0.2, -0.15) is 0 Å². The summed E-state index contributed by atoms with van der Waals surface area (Å²) in [4.78, 5) is 0. The summed E-state index contributed by atoms with van der Waals surface area (Å²) in [6, 6.07) is 0. The van der Waals surface area contributed by atoms with Gasteiger partial charge in [0.15, 0.2) is 0 Å². The van der Waals surface area contributed by atoms with Crippen LogP contribution in [0.5, 0.6) is 0 Å². The molecule has 0 saturated heterocycles. The molecule has 0 aliphatic rings. The van der Waals surface area contributed by atoms with E-state index < -0.39 is 0 Å². The van der Waals surface area contributed by atoms with Crippen LogP contribution < -0.4 is 0 Å². The average molecular weight is 222 g/mol. The van der Waals surface area contributed by atoms with Crippen LogP contribution in [0.3, 0.4) is 0 Å². The van der Waals surface area contributed by atoms with Crippen LogP contribution in [0.25, 0.3) is 0 Å². The van der Waals surface area contributed by atoms with Gasteiger partial charge in [0.25, 0.3) is 0 Å². The van der Waals surface area contributed by atoms with Crippen LogP contribution in [0.2, 0.25) is 0 Å². The van der Waals surface area contributed by atoms with Gasteiger partial charge in [0.2, 0.25) is 0 Å². The van der Waals surface area contributed by atoms with Crippen LogP contribution in [0, 0.1) is 24.7 Å². The Bertz CT molecular complexity index is 186. The van der Waals surface area contributed by atoms with Crippen LogP contribution >= 0.6 is 0 Å². The molecule has 0 aromatic carbocycles. The van der Waals surface area contributed by atoms with E-state index in [0.717, 1.165) is 26.1 Å². The Morgan fingerprint density at radius 1 is 0.625 bits per heavy atom. The van der Waals surface area contributed by atoms with Gasteiger partial charge < -0.3 is 9.47 Å². The molecule has 0 aliphatic carbocycles. The molecule has 0 unspecified atom stereocenters. The molecule has 0 saturated carbocycles. The first-order valence-electron chi connectivity index (χ1n) is 5.94. The maximum absolute atomic E-state index is 5.18. The first-order chi connectivity index (χ1) is 7.91. The summed E-state index contributed by atoms with van der Waals surface area (Å²) in [5, 5.41) is 0. The minimum absolute atomic E-state index is 0.437. The fourth-order valence-electron chi connectivity index (χ4n) is 1.38. The van der Waals surface area contributed by atoms with Gasteiger partial charge >= 0.3 is 0 Å². The standard InChI is InChI=1S/C14H22O2/c1-3-11-15-13-9-7-5-6-8-10-14-16-12-4-2/h1-2H,5-14H2. The highest BCUT2D eigenvalue weighted by Gasteiger charge is 1.92. The Kier molecular flexibility index (Phi) is 13.2. The Morgan fingerprint density at radius 2 is 1.00 bits per heavy atom. The van der Waals surface area contributed by atoms with Gasteiger partial charge in [0.05, 0.1) is 0 Å². The van der Waals surface area contributed by atoms with E-state index in [4.69, 9.17) is 22.3 Å². The third-order valence-electron chi connectivity index (χ3n) is 2.20. The second-order valence-electron chi connectivity index (χ2n) is 3.63. The second kappa shape index (κ2) is 14.0. The fraction of sp³-hybridized carbons (Fsp3) is 0.714. The zero-order valence-electron chi connectivity index (χ0n) is 10.0. The van der Waals surface area contributed by atoms with Crippen LogP contribution in [0.15, 0.2) is 0 Å². The molecule has 0 rings (SSSR count). The van der Waals surface area contributed by atoms with Crippen LogP contribution in [0.1, 0.15) is 38.5 Å². The molecule has 0 spiro atoms. The Morgan fingerprint density at radius 3 is 1.38 bits per heavy atom. The van der Waals surface area contributed by atoms with E-state index in [1.54, 1.807) is 0 Å². The molecule has 0 amide bonds. The summed E-state index contributed by atoms with van der Waals surface area (Å²) in [6.45, 7) is 2.45. The van der Waals surface area contributed by atoms with Gasteiger partial charge in [-0.25, -0.2) is 0 Å². The monoisotopic (exact) mass is 222 g/mol. The molecule has 2 heteroatoms. The molecule has 2 nitrogen and oxygen atoms in total. The van der Waals surface area contributed by atoms with Gasteiger partial charge in [0, 0.05) is 13.2 Å². The summed E-state index contributed by atoms with van der Waals surface area (Å²) < 4.78 is 10.4. The van der Waals surface area contributed by atoms with Crippen molar-refractivity contribution in [2.24, 2.45) is 0 Å². The quantitative estimate of drug-likeness (QED) is 0.395. The number of unbranched alkanes of at least 4 members (excludes halogenated alkanes) is 5. The molecule has 0 aliphatic heterocycles. The predicted octanol–water partition coefficient (Wildman–Crippen LogP) is 2.63. The lowest BCUT2D eigenvalue weighted by atomic mass is 10.1. The van der Waals surface area contributed by atoms with Crippen molar-refractivity contribution >= 4 is 0 Å². The molecular weight excluding hydrogens is 200 g/mol. The lowest BCUT2D eigenvalue weighted by molar-refractivity contribution is 0.158. The highest BCUT2D eigenvalue weighted by molar-refractivity contribution is 4.83. The summed E-state index contributed by atoms with van der Waals surface area (Å²) in [5.74, 6) is 4.91. The number of hydrogen-bond donors (Lipinski definition) is 0. The molecule has 0 bridgehead atoms. The van der Waals surface area contributed by atoms with E-state index in [1.165, 1.54) is 25.7 Å². The topological polar surface area (TPSA) is 18.5 Å². The van der Waals surface area contributed by atoms with E-state index >= 15 is 0 Å². The molecule has 0 N–H and O–H groups in total. The largest absolute Gasteiger partial charge is 0.369 e. The van der Waals surface area contributed by atoms with Crippen molar-refractivity contribution < 1.29 is 9.47 Å². The third kappa shape index (κ3) is 13.0. The fourth-order valence-corrected chi connectivity index (χ4v) is 1.38. The van der Waals surface area contributed by atoms with E-state index in [0.29, 0.717) is 13.2 Å². The van der Waals surface area contributed by atoms with Crippen LogP contribution in [-0.2, 0) is 9.47 Å². The predicted molar refractivity (Wildman–Crippen MR) is 67.0 cm³/mol. The Hall–Kier alpha value is -0.960. The van der Waals surface area contributed by atoms with Crippen molar-refractivity contribution in [3.8, 4) is 24.7 Å². The maximum atomic E-state index is 5.18. The average Bonchev–Trinajstić information content (AvgIpc) is 2.31. The second-order valence-corrected chi connectivity index (χ2v) is 3.63. The lowest BCUT2D eigenvalue weighted by Gasteiger charge is -2.02. The number of ether oxygens (including phenoxy) is 2. The highest BCUT2D eigenvalue weighted by atomic mass is 16.5. The number of terminal acetylenes is 2. The SMILES string of the molecule is C#CCOCCCCCCCCOCC#C. The molecule has 0 radical (unpaired) electrons. The maximum Gasteiger partial charge on any atom is 0.107 e. The zero-order valence-corrected chi connectivity index (χ0v) is 10.0. The minimum atomic E-state index is 0.437. The minimum Gasteiger partial charge on any atom is -0.369 e. The Labute approximate surface area is 99.7 Å². The summed E-state index contributed by atoms with van der Waals surface area (Å²) >= 11 is 0. The van der Waals surface area contributed by atoms with Crippen molar-refractivity contribution in [2.75, 3.05) is 26.4 Å². The zero-order chi connectivity index (χ0) is 11.9. The molecule has 0 aromatic rings. The van der Waals surface area contributed by atoms with Gasteiger partial charge in [-0.05, 0) is 12.8 Å². The van der Waals surface area contributed by atoms with Gasteiger partial charge in [0.1, 0.15) is 13.2 Å². The van der Waals surface area contributed by atoms with Crippen LogP contribution in [0.4, 0.5) is 0 Å². The van der Waals surface area contributed by atoms with E-state index in [-0.39, 0.29) is 0 Å². The highest BCUT2D eigenvalue weighted by Crippen LogP contribution is 2.05. The van der Waals surface area contributed by atoms with Crippen LogP contribution in [-0.4, -0.2) is 26.4 Å². The van der Waals surface area contributed by atoms with Gasteiger partial charge in [-0.1, -0.05) is 37.5 Å². The Balaban J connectivity index is 2.89. The first-order valence-corrected chi connectivity index (χ1v) is 5.94. The summed E-state index contributed by atoms with van der Waals surface area (Å²) in [7, 11) is 0. The molecule has 0 heterocycles. The van der Waals surface area contributed by atoms with E-state index in [2.05, 4.69) is 11.8 Å². The molecule has 0 aromatic heterocycles. The van der Waals surface area contributed by atoms with E-state index in [1.807, 2.05) is 0 Å². The van der Waals surface area contributed by atoms with E-state index in [9.17, 15) is 0 Å². The molecule has 90 valence electrons. The van der Waals surface area contributed by atoms with Gasteiger partial charge in [-0.3, -0.25) is 0 Å².